The average molecular weight is 286 g/mol. The molecule has 2 rings (SSSR count). The van der Waals surface area contributed by atoms with E-state index in [9.17, 15) is 18.7 Å². The molecule has 104 valence electrons. The van der Waals surface area contributed by atoms with Gasteiger partial charge in [0.2, 0.25) is 0 Å². The summed E-state index contributed by atoms with van der Waals surface area (Å²) in [5.74, 6) is -3.25. The molecule has 0 radical (unpaired) electrons. The van der Waals surface area contributed by atoms with E-state index < -0.39 is 17.1 Å². The normalized spacial score (nSPS) is 18.5. The van der Waals surface area contributed by atoms with Gasteiger partial charge in [-0.25, -0.2) is 0 Å². The van der Waals surface area contributed by atoms with E-state index in [0.717, 1.165) is 24.8 Å². The van der Waals surface area contributed by atoms with Gasteiger partial charge in [0.1, 0.15) is 0 Å². The van der Waals surface area contributed by atoms with Crippen molar-refractivity contribution in [2.75, 3.05) is 0 Å². The van der Waals surface area contributed by atoms with Gasteiger partial charge < -0.3 is 5.11 Å². The van der Waals surface area contributed by atoms with E-state index >= 15 is 0 Å². The number of benzene rings is 1. The van der Waals surface area contributed by atoms with Gasteiger partial charge in [-0.1, -0.05) is 43.2 Å². The summed E-state index contributed by atoms with van der Waals surface area (Å²) >= 11 is 0.480. The molecule has 0 heterocycles. The molecule has 0 aromatic heterocycles. The Morgan fingerprint density at radius 1 is 1.16 bits per heavy atom. The van der Waals surface area contributed by atoms with Gasteiger partial charge in [0, 0.05) is 4.90 Å². The van der Waals surface area contributed by atoms with Crippen LogP contribution in [-0.2, 0) is 10.2 Å². The van der Waals surface area contributed by atoms with E-state index in [1.807, 2.05) is 0 Å². The number of rotatable bonds is 4. The number of carboxylic acids is 1. The highest BCUT2D eigenvalue weighted by Crippen LogP contribution is 2.40. The summed E-state index contributed by atoms with van der Waals surface area (Å²) in [4.78, 5) is 12.1. The minimum atomic E-state index is -2.45. The highest BCUT2D eigenvalue weighted by Gasteiger charge is 2.41. The summed E-state index contributed by atoms with van der Waals surface area (Å²) in [5, 5.41) is 9.53. The number of alkyl halides is 2. The Kier molecular flexibility index (Phi) is 4.45. The zero-order valence-corrected chi connectivity index (χ0v) is 11.3. The molecular weight excluding hydrogens is 270 g/mol. The topological polar surface area (TPSA) is 37.3 Å². The summed E-state index contributed by atoms with van der Waals surface area (Å²) in [5.41, 5.74) is -0.0926. The Balaban J connectivity index is 2.25. The van der Waals surface area contributed by atoms with E-state index in [0.29, 0.717) is 29.5 Å². The van der Waals surface area contributed by atoms with E-state index in [1.54, 1.807) is 24.3 Å². The maximum atomic E-state index is 12.2. The molecule has 0 saturated heterocycles. The second kappa shape index (κ2) is 5.90. The summed E-state index contributed by atoms with van der Waals surface area (Å²) in [7, 11) is 0. The van der Waals surface area contributed by atoms with E-state index in [2.05, 4.69) is 0 Å². The number of carboxylic acid groups (broad SMARTS) is 1. The van der Waals surface area contributed by atoms with Gasteiger partial charge in [-0.3, -0.25) is 4.79 Å². The molecular formula is C14H16F2O2S. The zero-order valence-electron chi connectivity index (χ0n) is 10.4. The van der Waals surface area contributed by atoms with Crippen LogP contribution in [0.5, 0.6) is 0 Å². The first kappa shape index (κ1) is 14.3. The van der Waals surface area contributed by atoms with Crippen LogP contribution in [0.25, 0.3) is 0 Å². The van der Waals surface area contributed by atoms with Gasteiger partial charge in [-0.15, -0.1) is 0 Å². The Hall–Kier alpha value is -1.10. The molecule has 1 aliphatic rings. The quantitative estimate of drug-likeness (QED) is 0.839. The Morgan fingerprint density at radius 3 is 2.21 bits per heavy atom. The molecule has 0 atom stereocenters. The van der Waals surface area contributed by atoms with Gasteiger partial charge in [0.25, 0.3) is 5.76 Å². The molecule has 5 heteroatoms. The smallest absolute Gasteiger partial charge is 0.314 e. The van der Waals surface area contributed by atoms with Crippen LogP contribution in [0, 0.1) is 0 Å². The van der Waals surface area contributed by atoms with E-state index in [1.165, 1.54) is 0 Å². The average Bonchev–Trinajstić information content (AvgIpc) is 2.39. The predicted octanol–water partition coefficient (Wildman–Crippen LogP) is 4.29. The Bertz CT molecular complexity index is 439. The van der Waals surface area contributed by atoms with Crippen LogP contribution >= 0.6 is 11.8 Å². The van der Waals surface area contributed by atoms with Crippen LogP contribution < -0.4 is 0 Å². The standard InChI is InChI=1S/C14H16F2O2S/c15-13(16)19-11-6-4-10(5-7-11)14(12(17)18)8-2-1-3-9-14/h4-7,13H,1-3,8-9H2,(H,17,18). The van der Waals surface area contributed by atoms with Gasteiger partial charge in [-0.05, 0) is 30.5 Å². The molecule has 0 amide bonds. The van der Waals surface area contributed by atoms with Crippen molar-refractivity contribution < 1.29 is 18.7 Å². The van der Waals surface area contributed by atoms with Crippen LogP contribution in [0.4, 0.5) is 8.78 Å². The number of aliphatic carboxylic acids is 1. The lowest BCUT2D eigenvalue weighted by Crippen LogP contribution is -2.37. The molecule has 1 aliphatic carbocycles. The highest BCUT2D eigenvalue weighted by molar-refractivity contribution is 7.99. The molecule has 1 aromatic carbocycles. The third-order valence-electron chi connectivity index (χ3n) is 3.75. The molecule has 2 nitrogen and oxygen atoms in total. The fraction of sp³-hybridized carbons (Fsp3) is 0.500. The Morgan fingerprint density at radius 2 is 1.74 bits per heavy atom. The van der Waals surface area contributed by atoms with Crippen LogP contribution in [0.2, 0.25) is 0 Å². The van der Waals surface area contributed by atoms with Gasteiger partial charge in [0.15, 0.2) is 0 Å². The Labute approximate surface area is 115 Å². The molecule has 1 aromatic rings. The maximum absolute atomic E-state index is 12.2. The van der Waals surface area contributed by atoms with Crippen LogP contribution in [-0.4, -0.2) is 16.8 Å². The van der Waals surface area contributed by atoms with Gasteiger partial charge >= 0.3 is 5.97 Å². The summed E-state index contributed by atoms with van der Waals surface area (Å²) in [6.45, 7) is 0. The lowest BCUT2D eigenvalue weighted by atomic mass is 9.69. The molecule has 1 saturated carbocycles. The largest absolute Gasteiger partial charge is 0.481 e. The van der Waals surface area contributed by atoms with E-state index in [-0.39, 0.29) is 0 Å². The van der Waals surface area contributed by atoms with Crippen LogP contribution in [0.15, 0.2) is 29.2 Å². The molecule has 1 N–H and O–H groups in total. The van der Waals surface area contributed by atoms with Crippen molar-refractivity contribution in [1.82, 2.24) is 0 Å². The molecule has 0 bridgehead atoms. The monoisotopic (exact) mass is 286 g/mol. The fourth-order valence-corrected chi connectivity index (χ4v) is 3.24. The van der Waals surface area contributed by atoms with Crippen molar-refractivity contribution in [1.29, 1.82) is 0 Å². The second-order valence-corrected chi connectivity index (χ2v) is 5.91. The number of hydrogen-bond acceptors (Lipinski definition) is 2. The van der Waals surface area contributed by atoms with Crippen molar-refractivity contribution >= 4 is 17.7 Å². The van der Waals surface area contributed by atoms with Gasteiger partial charge in [-0.2, -0.15) is 8.78 Å². The molecule has 0 aliphatic heterocycles. The predicted molar refractivity (Wildman–Crippen MR) is 70.7 cm³/mol. The minimum Gasteiger partial charge on any atom is -0.481 e. The van der Waals surface area contributed by atoms with E-state index in [4.69, 9.17) is 0 Å². The first-order valence-corrected chi connectivity index (χ1v) is 7.21. The highest BCUT2D eigenvalue weighted by atomic mass is 32.2. The van der Waals surface area contributed by atoms with Crippen molar-refractivity contribution in [2.45, 2.75) is 48.2 Å². The molecule has 19 heavy (non-hydrogen) atoms. The third-order valence-corrected chi connectivity index (χ3v) is 4.47. The summed E-state index contributed by atoms with van der Waals surface area (Å²) in [6.07, 6.45) is 4.13. The lowest BCUT2D eigenvalue weighted by Gasteiger charge is -2.33. The SMILES string of the molecule is O=C(O)C1(c2ccc(SC(F)F)cc2)CCCCC1. The van der Waals surface area contributed by atoms with Crippen molar-refractivity contribution in [2.24, 2.45) is 0 Å². The van der Waals surface area contributed by atoms with Crippen LogP contribution in [0.1, 0.15) is 37.7 Å². The minimum absolute atomic E-state index is 0.468. The maximum Gasteiger partial charge on any atom is 0.314 e. The second-order valence-electron chi connectivity index (χ2n) is 4.85. The number of carbonyl (C=O) groups is 1. The first-order valence-electron chi connectivity index (χ1n) is 6.33. The number of halogens is 2. The zero-order chi connectivity index (χ0) is 13.9. The summed E-state index contributed by atoms with van der Waals surface area (Å²) in [6, 6.07) is 6.55. The van der Waals surface area contributed by atoms with Gasteiger partial charge in [0.05, 0.1) is 5.41 Å². The van der Waals surface area contributed by atoms with Crippen LogP contribution in [0.3, 0.4) is 0 Å². The lowest BCUT2D eigenvalue weighted by molar-refractivity contribution is -0.145. The first-order chi connectivity index (χ1) is 9.04. The summed E-state index contributed by atoms with van der Waals surface area (Å²) < 4.78 is 24.5. The van der Waals surface area contributed by atoms with Crippen molar-refractivity contribution in [3.05, 3.63) is 29.8 Å². The molecule has 0 spiro atoms. The molecule has 1 fully saturated rings. The fourth-order valence-electron chi connectivity index (χ4n) is 2.74. The third kappa shape index (κ3) is 3.08. The van der Waals surface area contributed by atoms with Crippen molar-refractivity contribution in [3.8, 4) is 0 Å². The number of hydrogen-bond donors (Lipinski definition) is 1. The van der Waals surface area contributed by atoms with Crippen molar-refractivity contribution in [3.63, 3.8) is 0 Å². The number of thioether (sulfide) groups is 1. The molecule has 0 unspecified atom stereocenters.